The highest BCUT2D eigenvalue weighted by Gasteiger charge is 2.31. The summed E-state index contributed by atoms with van der Waals surface area (Å²) in [6.07, 6.45) is 5.84. The molecule has 1 unspecified atom stereocenters. The summed E-state index contributed by atoms with van der Waals surface area (Å²) in [6, 6.07) is 14.7. The zero-order valence-corrected chi connectivity index (χ0v) is 17.1. The molecular formula is C24H30FN3O. The number of piperidine rings is 1. The minimum absolute atomic E-state index is 0.00272. The molecule has 5 heteroatoms. The van der Waals surface area contributed by atoms with Gasteiger partial charge in [-0.05, 0) is 68.5 Å². The molecule has 1 saturated carbocycles. The highest BCUT2D eigenvalue weighted by atomic mass is 19.1. The van der Waals surface area contributed by atoms with Gasteiger partial charge in [0.15, 0.2) is 0 Å². The second-order valence-electron chi connectivity index (χ2n) is 8.33. The Morgan fingerprint density at radius 1 is 1.10 bits per heavy atom. The maximum Gasteiger partial charge on any atom is 0.242 e. The van der Waals surface area contributed by atoms with Gasteiger partial charge in [-0.1, -0.05) is 30.3 Å². The molecule has 1 atom stereocenters. The molecule has 0 radical (unpaired) electrons. The molecule has 0 bridgehead atoms. The quantitative estimate of drug-likeness (QED) is 0.761. The minimum atomic E-state index is -0.439. The number of nitrogens with one attached hydrogen (secondary N) is 1. The third kappa shape index (κ3) is 4.96. The fourth-order valence-electron chi connectivity index (χ4n) is 4.21. The average Bonchev–Trinajstić information content (AvgIpc) is 3.55. The predicted molar refractivity (Wildman–Crippen MR) is 114 cm³/mol. The van der Waals surface area contributed by atoms with E-state index in [1.165, 1.54) is 42.6 Å². The van der Waals surface area contributed by atoms with E-state index < -0.39 is 6.04 Å². The van der Waals surface area contributed by atoms with Gasteiger partial charge in [0.2, 0.25) is 5.91 Å². The number of likely N-dealkylation sites (N-methyl/N-ethyl adjacent to an activating group) is 1. The normalized spacial score (nSPS) is 18.0. The summed E-state index contributed by atoms with van der Waals surface area (Å²) in [5, 5.41) is 3.13. The molecule has 2 fully saturated rings. The van der Waals surface area contributed by atoms with Gasteiger partial charge in [-0.15, -0.1) is 0 Å². The van der Waals surface area contributed by atoms with Crippen LogP contribution in [0, 0.1) is 5.82 Å². The van der Waals surface area contributed by atoms with Crippen molar-refractivity contribution in [1.82, 2.24) is 10.2 Å². The van der Waals surface area contributed by atoms with Gasteiger partial charge in [0, 0.05) is 31.4 Å². The fourth-order valence-corrected chi connectivity index (χ4v) is 4.21. The van der Waals surface area contributed by atoms with E-state index in [1.54, 1.807) is 12.1 Å². The molecule has 4 nitrogen and oxygen atoms in total. The van der Waals surface area contributed by atoms with Crippen molar-refractivity contribution in [2.45, 2.75) is 50.7 Å². The van der Waals surface area contributed by atoms with E-state index in [0.717, 1.165) is 31.5 Å². The molecule has 2 aliphatic rings. The molecular weight excluding hydrogens is 365 g/mol. The Kier molecular flexibility index (Phi) is 6.14. The highest BCUT2D eigenvalue weighted by Crippen LogP contribution is 2.29. The number of amides is 1. The molecule has 1 heterocycles. The average molecular weight is 396 g/mol. The maximum atomic E-state index is 13.5. The van der Waals surface area contributed by atoms with Crippen molar-refractivity contribution in [2.75, 3.05) is 25.0 Å². The summed E-state index contributed by atoms with van der Waals surface area (Å²) < 4.78 is 13.5. The summed E-state index contributed by atoms with van der Waals surface area (Å²) in [7, 11) is 1.98. The van der Waals surface area contributed by atoms with Crippen molar-refractivity contribution in [1.29, 1.82) is 0 Å². The Hall–Kier alpha value is -2.40. The van der Waals surface area contributed by atoms with Gasteiger partial charge in [0.1, 0.15) is 11.9 Å². The molecule has 1 N–H and O–H groups in total. The number of para-hydroxylation sites is 1. The van der Waals surface area contributed by atoms with Gasteiger partial charge < -0.3 is 10.2 Å². The molecule has 2 aromatic carbocycles. The Bertz CT molecular complexity index is 828. The fraction of sp³-hybridized carbons (Fsp3) is 0.458. The standard InChI is InChI=1S/C24H30FN3O/c1-27(17-19-7-3-4-8-22(19)28-15-5-2-6-16-28)23(24(29)26-21-13-14-21)18-9-11-20(25)12-10-18/h3-4,7-12,21,23H,2,5-6,13-17H2,1H3,(H,26,29). The second kappa shape index (κ2) is 8.95. The molecule has 29 heavy (non-hydrogen) atoms. The number of benzene rings is 2. The van der Waals surface area contributed by atoms with E-state index in [9.17, 15) is 9.18 Å². The minimum Gasteiger partial charge on any atom is -0.371 e. The SMILES string of the molecule is CN(Cc1ccccc1N1CCCCC1)C(C(=O)NC1CC1)c1ccc(F)cc1. The van der Waals surface area contributed by atoms with Crippen molar-refractivity contribution in [3.63, 3.8) is 0 Å². The highest BCUT2D eigenvalue weighted by molar-refractivity contribution is 5.83. The lowest BCUT2D eigenvalue weighted by atomic mass is 10.0. The van der Waals surface area contributed by atoms with Gasteiger partial charge in [-0.25, -0.2) is 4.39 Å². The van der Waals surface area contributed by atoms with Gasteiger partial charge in [0.05, 0.1) is 0 Å². The zero-order chi connectivity index (χ0) is 20.2. The van der Waals surface area contributed by atoms with E-state index in [0.29, 0.717) is 12.6 Å². The predicted octanol–water partition coefficient (Wildman–Crippen LogP) is 4.27. The van der Waals surface area contributed by atoms with Crippen LogP contribution in [0.1, 0.15) is 49.3 Å². The van der Waals surface area contributed by atoms with Crippen LogP contribution in [0.3, 0.4) is 0 Å². The van der Waals surface area contributed by atoms with Crippen molar-refractivity contribution < 1.29 is 9.18 Å². The molecule has 0 spiro atoms. The molecule has 4 rings (SSSR count). The first-order valence-electron chi connectivity index (χ1n) is 10.7. The Labute approximate surface area is 172 Å². The van der Waals surface area contributed by atoms with Gasteiger partial charge in [-0.2, -0.15) is 0 Å². The van der Waals surface area contributed by atoms with Crippen molar-refractivity contribution in [3.05, 3.63) is 65.5 Å². The molecule has 1 saturated heterocycles. The lowest BCUT2D eigenvalue weighted by Gasteiger charge is -2.33. The van der Waals surface area contributed by atoms with Gasteiger partial charge >= 0.3 is 0 Å². The summed E-state index contributed by atoms with van der Waals surface area (Å²) in [6.45, 7) is 2.83. The van der Waals surface area contributed by atoms with Crippen LogP contribution in [-0.4, -0.2) is 37.0 Å². The Balaban J connectivity index is 1.57. The van der Waals surface area contributed by atoms with E-state index in [-0.39, 0.29) is 11.7 Å². The summed E-state index contributed by atoms with van der Waals surface area (Å²) in [5.41, 5.74) is 3.31. The summed E-state index contributed by atoms with van der Waals surface area (Å²) in [5.74, 6) is -0.287. The number of anilines is 1. The molecule has 1 amide bonds. The third-order valence-electron chi connectivity index (χ3n) is 5.91. The monoisotopic (exact) mass is 395 g/mol. The van der Waals surface area contributed by atoms with Crippen LogP contribution in [0.2, 0.25) is 0 Å². The zero-order valence-electron chi connectivity index (χ0n) is 17.1. The number of nitrogens with zero attached hydrogens (tertiary/aromatic N) is 2. The van der Waals surface area contributed by atoms with Crippen LogP contribution in [0.15, 0.2) is 48.5 Å². The number of rotatable bonds is 7. The molecule has 154 valence electrons. The molecule has 0 aromatic heterocycles. The van der Waals surface area contributed by atoms with Crippen LogP contribution >= 0.6 is 0 Å². The number of halogens is 1. The lowest BCUT2D eigenvalue weighted by molar-refractivity contribution is -0.126. The lowest BCUT2D eigenvalue weighted by Crippen LogP contribution is -2.39. The molecule has 2 aromatic rings. The second-order valence-corrected chi connectivity index (χ2v) is 8.33. The van der Waals surface area contributed by atoms with Crippen LogP contribution in [0.4, 0.5) is 10.1 Å². The number of hydrogen-bond acceptors (Lipinski definition) is 3. The third-order valence-corrected chi connectivity index (χ3v) is 5.91. The number of carbonyl (C=O) groups is 1. The maximum absolute atomic E-state index is 13.5. The summed E-state index contributed by atoms with van der Waals surface area (Å²) >= 11 is 0. The van der Waals surface area contributed by atoms with Crippen LogP contribution in [0.5, 0.6) is 0 Å². The molecule has 1 aliphatic carbocycles. The van der Waals surface area contributed by atoms with Crippen molar-refractivity contribution in [3.8, 4) is 0 Å². The Morgan fingerprint density at radius 2 is 1.79 bits per heavy atom. The first kappa shape index (κ1) is 19.9. The van der Waals surface area contributed by atoms with Gasteiger partial charge in [0.25, 0.3) is 0 Å². The van der Waals surface area contributed by atoms with E-state index >= 15 is 0 Å². The van der Waals surface area contributed by atoms with Gasteiger partial charge in [-0.3, -0.25) is 9.69 Å². The largest absolute Gasteiger partial charge is 0.371 e. The van der Waals surface area contributed by atoms with Crippen LogP contribution in [0.25, 0.3) is 0 Å². The van der Waals surface area contributed by atoms with Crippen LogP contribution < -0.4 is 10.2 Å². The topological polar surface area (TPSA) is 35.6 Å². The first-order valence-corrected chi connectivity index (χ1v) is 10.7. The van der Waals surface area contributed by atoms with Crippen LogP contribution in [-0.2, 0) is 11.3 Å². The number of carbonyl (C=O) groups excluding carboxylic acids is 1. The summed E-state index contributed by atoms with van der Waals surface area (Å²) in [4.78, 5) is 17.6. The van der Waals surface area contributed by atoms with Crippen molar-refractivity contribution >= 4 is 11.6 Å². The first-order chi connectivity index (χ1) is 14.1. The molecule has 1 aliphatic heterocycles. The van der Waals surface area contributed by atoms with E-state index in [2.05, 4.69) is 39.4 Å². The van der Waals surface area contributed by atoms with E-state index in [1.807, 2.05) is 7.05 Å². The van der Waals surface area contributed by atoms with Crippen molar-refractivity contribution in [2.24, 2.45) is 0 Å². The Morgan fingerprint density at radius 3 is 2.48 bits per heavy atom. The number of hydrogen-bond donors (Lipinski definition) is 1. The van der Waals surface area contributed by atoms with E-state index in [4.69, 9.17) is 0 Å². The smallest absolute Gasteiger partial charge is 0.242 e.